The third kappa shape index (κ3) is 3.34. The highest BCUT2D eigenvalue weighted by Gasteiger charge is 2.33. The van der Waals surface area contributed by atoms with E-state index in [-0.39, 0.29) is 17.6 Å². The van der Waals surface area contributed by atoms with Crippen LogP contribution in [-0.2, 0) is 11.0 Å². The van der Waals surface area contributed by atoms with Gasteiger partial charge in [-0.3, -0.25) is 0 Å². The normalized spacial score (nSPS) is 12.6. The molecule has 0 saturated heterocycles. The lowest BCUT2D eigenvalue weighted by molar-refractivity contribution is -0.138. The Morgan fingerprint density at radius 2 is 1.94 bits per heavy atom. The molecule has 0 aliphatic carbocycles. The second-order valence-electron chi connectivity index (χ2n) is 3.40. The first-order valence-electron chi connectivity index (χ1n) is 4.96. The second-order valence-corrected chi connectivity index (χ2v) is 3.40. The minimum Gasteiger partial charge on any atom is -0.478 e. The SMILES string of the molecule is CC/C(=C\C(=O)O)c1ccccc1C(F)(F)F. The Balaban J connectivity index is 3.35. The molecule has 1 aromatic carbocycles. The Bertz CT molecular complexity index is 447. The van der Waals surface area contributed by atoms with Crippen molar-refractivity contribution in [1.29, 1.82) is 0 Å². The topological polar surface area (TPSA) is 37.3 Å². The van der Waals surface area contributed by atoms with Crippen molar-refractivity contribution in [2.45, 2.75) is 19.5 Å². The van der Waals surface area contributed by atoms with Crippen molar-refractivity contribution >= 4 is 11.5 Å². The molecule has 0 radical (unpaired) electrons. The lowest BCUT2D eigenvalue weighted by atomic mass is 9.97. The lowest BCUT2D eigenvalue weighted by Gasteiger charge is -2.13. The number of benzene rings is 1. The average molecular weight is 244 g/mol. The molecule has 1 N–H and O–H groups in total. The highest BCUT2D eigenvalue weighted by Crippen LogP contribution is 2.35. The molecule has 0 amide bonds. The zero-order chi connectivity index (χ0) is 13.1. The fourth-order valence-corrected chi connectivity index (χ4v) is 1.53. The van der Waals surface area contributed by atoms with E-state index in [1.165, 1.54) is 18.2 Å². The summed E-state index contributed by atoms with van der Waals surface area (Å²) in [4.78, 5) is 10.5. The van der Waals surface area contributed by atoms with Crippen LogP contribution in [-0.4, -0.2) is 11.1 Å². The molecule has 2 nitrogen and oxygen atoms in total. The lowest BCUT2D eigenvalue weighted by Crippen LogP contribution is -2.09. The van der Waals surface area contributed by atoms with Crippen molar-refractivity contribution in [2.75, 3.05) is 0 Å². The summed E-state index contributed by atoms with van der Waals surface area (Å²) in [5.74, 6) is -1.25. The monoisotopic (exact) mass is 244 g/mol. The van der Waals surface area contributed by atoms with Crippen LogP contribution >= 0.6 is 0 Å². The maximum absolute atomic E-state index is 12.7. The van der Waals surface area contributed by atoms with Crippen LogP contribution in [0.25, 0.3) is 5.57 Å². The molecule has 0 spiro atoms. The first kappa shape index (κ1) is 13.3. The van der Waals surface area contributed by atoms with E-state index in [1.54, 1.807) is 6.92 Å². The van der Waals surface area contributed by atoms with Gasteiger partial charge in [-0.15, -0.1) is 0 Å². The zero-order valence-electron chi connectivity index (χ0n) is 9.08. The largest absolute Gasteiger partial charge is 0.478 e. The van der Waals surface area contributed by atoms with Crippen LogP contribution in [0, 0.1) is 0 Å². The molecule has 0 atom stereocenters. The summed E-state index contributed by atoms with van der Waals surface area (Å²) in [6.45, 7) is 1.61. The van der Waals surface area contributed by atoms with Crippen LogP contribution in [0.2, 0.25) is 0 Å². The van der Waals surface area contributed by atoms with E-state index < -0.39 is 17.7 Å². The van der Waals surface area contributed by atoms with Crippen molar-refractivity contribution in [1.82, 2.24) is 0 Å². The van der Waals surface area contributed by atoms with Gasteiger partial charge in [0, 0.05) is 6.08 Å². The Hall–Kier alpha value is -1.78. The van der Waals surface area contributed by atoms with Gasteiger partial charge in [-0.2, -0.15) is 13.2 Å². The Morgan fingerprint density at radius 1 is 1.35 bits per heavy atom. The maximum atomic E-state index is 12.7. The molecule has 17 heavy (non-hydrogen) atoms. The number of carboxylic acid groups (broad SMARTS) is 1. The van der Waals surface area contributed by atoms with E-state index in [0.29, 0.717) is 0 Å². The maximum Gasteiger partial charge on any atom is 0.416 e. The Morgan fingerprint density at radius 3 is 2.41 bits per heavy atom. The van der Waals surface area contributed by atoms with Crippen molar-refractivity contribution in [3.05, 3.63) is 41.5 Å². The van der Waals surface area contributed by atoms with E-state index in [4.69, 9.17) is 5.11 Å². The average Bonchev–Trinajstić information content (AvgIpc) is 2.24. The predicted octanol–water partition coefficient (Wildman–Crippen LogP) is 3.58. The van der Waals surface area contributed by atoms with Gasteiger partial charge in [-0.05, 0) is 23.6 Å². The van der Waals surface area contributed by atoms with Gasteiger partial charge in [0.05, 0.1) is 5.56 Å². The van der Waals surface area contributed by atoms with E-state index in [0.717, 1.165) is 12.1 Å². The molecule has 0 aromatic heterocycles. The number of carboxylic acids is 1. The van der Waals surface area contributed by atoms with Gasteiger partial charge in [-0.25, -0.2) is 4.79 Å². The highest BCUT2D eigenvalue weighted by atomic mass is 19.4. The van der Waals surface area contributed by atoms with E-state index >= 15 is 0 Å². The highest BCUT2D eigenvalue weighted by molar-refractivity contribution is 5.90. The molecule has 1 aromatic rings. The van der Waals surface area contributed by atoms with Gasteiger partial charge in [0.1, 0.15) is 0 Å². The number of allylic oxidation sites excluding steroid dienone is 1. The van der Waals surface area contributed by atoms with Gasteiger partial charge in [0.2, 0.25) is 0 Å². The predicted molar refractivity (Wildman–Crippen MR) is 57.3 cm³/mol. The van der Waals surface area contributed by atoms with Crippen LogP contribution in [0.1, 0.15) is 24.5 Å². The summed E-state index contributed by atoms with van der Waals surface area (Å²) in [6.07, 6.45) is -3.45. The number of alkyl halides is 3. The van der Waals surface area contributed by atoms with Gasteiger partial charge in [0.15, 0.2) is 0 Å². The summed E-state index contributed by atoms with van der Waals surface area (Å²) in [7, 11) is 0. The van der Waals surface area contributed by atoms with Gasteiger partial charge >= 0.3 is 12.1 Å². The molecule has 1 rings (SSSR count). The van der Waals surface area contributed by atoms with E-state index in [1.807, 2.05) is 0 Å². The minimum atomic E-state index is -4.48. The molecule has 0 heterocycles. The third-order valence-electron chi connectivity index (χ3n) is 2.26. The number of hydrogen-bond donors (Lipinski definition) is 1. The van der Waals surface area contributed by atoms with Gasteiger partial charge in [0.25, 0.3) is 0 Å². The number of rotatable bonds is 3. The van der Waals surface area contributed by atoms with Crippen LogP contribution in [0.15, 0.2) is 30.3 Å². The fourth-order valence-electron chi connectivity index (χ4n) is 1.53. The summed E-state index contributed by atoms with van der Waals surface area (Å²) >= 11 is 0. The molecular weight excluding hydrogens is 233 g/mol. The number of halogens is 3. The third-order valence-corrected chi connectivity index (χ3v) is 2.26. The standard InChI is InChI=1S/C12H11F3O2/c1-2-8(7-11(16)17)9-5-3-4-6-10(9)12(13,14)15/h3-7H,2H2,1H3,(H,16,17)/b8-7+. The van der Waals surface area contributed by atoms with Crippen LogP contribution in [0.5, 0.6) is 0 Å². The van der Waals surface area contributed by atoms with Gasteiger partial charge < -0.3 is 5.11 Å². The van der Waals surface area contributed by atoms with Crippen molar-refractivity contribution in [3.8, 4) is 0 Å². The summed E-state index contributed by atoms with van der Waals surface area (Å²) in [5, 5.41) is 8.61. The van der Waals surface area contributed by atoms with Crippen molar-refractivity contribution in [3.63, 3.8) is 0 Å². The first-order chi connectivity index (χ1) is 7.86. The first-order valence-corrected chi connectivity index (χ1v) is 4.96. The van der Waals surface area contributed by atoms with E-state index in [2.05, 4.69) is 0 Å². The quantitative estimate of drug-likeness (QED) is 0.825. The Labute approximate surface area is 96.4 Å². The molecule has 0 unspecified atom stereocenters. The molecular formula is C12H11F3O2. The Kier molecular flexibility index (Phi) is 3.93. The minimum absolute atomic E-state index is 0.0788. The van der Waals surface area contributed by atoms with Crippen LogP contribution in [0.4, 0.5) is 13.2 Å². The summed E-state index contributed by atoms with van der Waals surface area (Å²) < 4.78 is 38.1. The fraction of sp³-hybridized carbons (Fsp3) is 0.250. The molecule has 0 aliphatic heterocycles. The zero-order valence-corrected chi connectivity index (χ0v) is 9.08. The summed E-state index contributed by atoms with van der Waals surface area (Å²) in [5.41, 5.74) is -0.732. The molecule has 0 fully saturated rings. The van der Waals surface area contributed by atoms with Crippen molar-refractivity contribution < 1.29 is 23.1 Å². The van der Waals surface area contributed by atoms with Crippen molar-refractivity contribution in [2.24, 2.45) is 0 Å². The van der Waals surface area contributed by atoms with E-state index in [9.17, 15) is 18.0 Å². The molecule has 0 aliphatic rings. The van der Waals surface area contributed by atoms with Crippen LogP contribution in [0.3, 0.4) is 0 Å². The molecule has 5 heteroatoms. The van der Waals surface area contributed by atoms with Crippen LogP contribution < -0.4 is 0 Å². The summed E-state index contributed by atoms with van der Waals surface area (Å²) in [6, 6.07) is 4.96. The van der Waals surface area contributed by atoms with Gasteiger partial charge in [-0.1, -0.05) is 25.1 Å². The number of carbonyl (C=O) groups is 1. The smallest absolute Gasteiger partial charge is 0.416 e. The second kappa shape index (κ2) is 5.03. The molecule has 0 bridgehead atoms. The molecule has 92 valence electrons. The number of hydrogen-bond acceptors (Lipinski definition) is 1. The molecule has 0 saturated carbocycles. The number of aliphatic carboxylic acids is 1.